The predicted octanol–water partition coefficient (Wildman–Crippen LogP) is 2.05. The molecule has 1 aliphatic heterocycles. The largest absolute Gasteiger partial charge is 0.392 e. The number of halogens is 1. The summed E-state index contributed by atoms with van der Waals surface area (Å²) in [5.74, 6) is -0.238. The maximum absolute atomic E-state index is 12.3. The molecule has 94 valence electrons. The normalized spacial score (nSPS) is 19.6. The molecule has 1 N–H and O–H groups in total. The van der Waals surface area contributed by atoms with Gasteiger partial charge in [-0.15, -0.1) is 0 Å². The minimum Gasteiger partial charge on any atom is -0.392 e. The lowest BCUT2D eigenvalue weighted by Gasteiger charge is -2.21. The van der Waals surface area contributed by atoms with Crippen molar-refractivity contribution in [2.75, 3.05) is 6.54 Å². The van der Waals surface area contributed by atoms with E-state index < -0.39 is 12.1 Å². The molecule has 2 unspecified atom stereocenters. The molecule has 0 radical (unpaired) electrons. The van der Waals surface area contributed by atoms with E-state index in [1.807, 2.05) is 0 Å². The molecule has 0 saturated carbocycles. The van der Waals surface area contributed by atoms with Crippen molar-refractivity contribution in [3.05, 3.63) is 33.8 Å². The average Bonchev–Trinajstić information content (AvgIpc) is 2.57. The first-order valence-electron chi connectivity index (χ1n) is 5.65. The summed E-state index contributed by atoms with van der Waals surface area (Å²) in [7, 11) is 0. The number of rotatable bonds is 2. The number of carbonyl (C=O) groups excluding carboxylic acids is 1. The molecule has 1 aromatic rings. The summed E-state index contributed by atoms with van der Waals surface area (Å²) in [6.45, 7) is 3.49. The fourth-order valence-electron chi connectivity index (χ4n) is 2.26. The number of fused-ring (bicyclic) bond motifs is 1. The predicted molar refractivity (Wildman–Crippen MR) is 67.3 cm³/mol. The van der Waals surface area contributed by atoms with Crippen LogP contribution >= 0.6 is 11.6 Å². The van der Waals surface area contributed by atoms with Gasteiger partial charge in [-0.3, -0.25) is 4.79 Å². The Bertz CT molecular complexity index is 549. The maximum Gasteiger partial charge on any atom is 0.256 e. The zero-order valence-electron chi connectivity index (χ0n) is 10.1. The van der Waals surface area contributed by atoms with E-state index >= 15 is 0 Å². The van der Waals surface area contributed by atoms with Gasteiger partial charge in [-0.05, 0) is 25.5 Å². The van der Waals surface area contributed by atoms with Crippen LogP contribution in [0.4, 0.5) is 0 Å². The number of hydrogen-bond acceptors (Lipinski definition) is 3. The molecule has 0 aliphatic carbocycles. The van der Waals surface area contributed by atoms with Crippen LogP contribution in [0, 0.1) is 18.3 Å². The molecule has 0 bridgehead atoms. The molecule has 18 heavy (non-hydrogen) atoms. The van der Waals surface area contributed by atoms with Crippen LogP contribution in [0.25, 0.3) is 0 Å². The van der Waals surface area contributed by atoms with Crippen LogP contribution in [0.15, 0.2) is 12.1 Å². The number of aliphatic hydroxyl groups is 1. The van der Waals surface area contributed by atoms with Crippen LogP contribution in [0.2, 0.25) is 5.02 Å². The van der Waals surface area contributed by atoms with Gasteiger partial charge in [0.15, 0.2) is 0 Å². The fourth-order valence-corrected chi connectivity index (χ4v) is 2.42. The third-order valence-electron chi connectivity index (χ3n) is 3.10. The molecule has 1 heterocycles. The summed E-state index contributed by atoms with van der Waals surface area (Å²) in [6.07, 6.45) is -0.671. The van der Waals surface area contributed by atoms with Crippen molar-refractivity contribution in [1.82, 2.24) is 4.90 Å². The Hall–Kier alpha value is -1.57. The monoisotopic (exact) mass is 264 g/mol. The topological polar surface area (TPSA) is 64.3 Å². The highest BCUT2D eigenvalue weighted by molar-refractivity contribution is 6.32. The number of β-amino-alcohol motifs (C(OH)–C–C–N with tert-alkyl or cyclic N) is 1. The van der Waals surface area contributed by atoms with Crippen molar-refractivity contribution >= 4 is 17.5 Å². The number of nitrogens with zero attached hydrogens (tertiary/aromatic N) is 2. The summed E-state index contributed by atoms with van der Waals surface area (Å²) < 4.78 is 0. The lowest BCUT2D eigenvalue weighted by molar-refractivity contribution is 0.0641. The Morgan fingerprint density at radius 3 is 2.83 bits per heavy atom. The van der Waals surface area contributed by atoms with Crippen molar-refractivity contribution < 1.29 is 9.90 Å². The number of aliphatic hydroxyl groups excluding tert-OH is 1. The van der Waals surface area contributed by atoms with Gasteiger partial charge in [0.05, 0.1) is 17.7 Å². The summed E-state index contributed by atoms with van der Waals surface area (Å²) in [4.78, 5) is 13.7. The molecule has 0 aromatic heterocycles. The van der Waals surface area contributed by atoms with Gasteiger partial charge in [-0.1, -0.05) is 17.7 Å². The Morgan fingerprint density at radius 1 is 1.61 bits per heavy atom. The lowest BCUT2D eigenvalue weighted by atomic mass is 10.0. The van der Waals surface area contributed by atoms with Crippen molar-refractivity contribution in [2.24, 2.45) is 0 Å². The van der Waals surface area contributed by atoms with E-state index in [9.17, 15) is 15.2 Å². The van der Waals surface area contributed by atoms with Crippen molar-refractivity contribution in [1.29, 1.82) is 5.26 Å². The smallest absolute Gasteiger partial charge is 0.256 e. The Kier molecular flexibility index (Phi) is 3.29. The first-order valence-corrected chi connectivity index (χ1v) is 6.02. The molecule has 1 amide bonds. The van der Waals surface area contributed by atoms with E-state index in [1.165, 1.54) is 4.90 Å². The highest BCUT2D eigenvalue weighted by Gasteiger charge is 2.38. The Balaban J connectivity index is 2.53. The highest BCUT2D eigenvalue weighted by atomic mass is 35.5. The molecule has 1 aliphatic rings. The van der Waals surface area contributed by atoms with E-state index in [0.717, 1.165) is 0 Å². The van der Waals surface area contributed by atoms with Gasteiger partial charge >= 0.3 is 0 Å². The molecule has 5 heteroatoms. The van der Waals surface area contributed by atoms with Crippen LogP contribution in [-0.2, 0) is 0 Å². The molecule has 4 nitrogen and oxygen atoms in total. The lowest BCUT2D eigenvalue weighted by Crippen LogP contribution is -2.34. The van der Waals surface area contributed by atoms with Crippen LogP contribution in [-0.4, -0.2) is 28.6 Å². The quantitative estimate of drug-likeness (QED) is 0.889. The highest BCUT2D eigenvalue weighted by Crippen LogP contribution is 2.37. The van der Waals surface area contributed by atoms with Gasteiger partial charge in [0.1, 0.15) is 6.04 Å². The number of carbonyl (C=O) groups is 1. The number of hydrogen-bond donors (Lipinski definition) is 1. The van der Waals surface area contributed by atoms with Gasteiger partial charge in [-0.25, -0.2) is 0 Å². The van der Waals surface area contributed by atoms with Gasteiger partial charge in [0.25, 0.3) is 5.91 Å². The molecular formula is C13H13ClN2O2. The summed E-state index contributed by atoms with van der Waals surface area (Å²) in [5, 5.41) is 19.1. The van der Waals surface area contributed by atoms with E-state index in [1.54, 1.807) is 26.0 Å². The summed E-state index contributed by atoms with van der Waals surface area (Å²) >= 11 is 6.00. The van der Waals surface area contributed by atoms with Crippen molar-refractivity contribution in [2.45, 2.75) is 26.0 Å². The van der Waals surface area contributed by atoms with Gasteiger partial charge < -0.3 is 10.0 Å². The van der Waals surface area contributed by atoms with Crippen LogP contribution < -0.4 is 0 Å². The van der Waals surface area contributed by atoms with E-state index in [4.69, 9.17) is 11.6 Å². The minimum absolute atomic E-state index is 0.142. The second kappa shape index (κ2) is 4.60. The summed E-state index contributed by atoms with van der Waals surface area (Å²) in [6, 6.07) is 4.86. The van der Waals surface area contributed by atoms with Crippen LogP contribution in [0.3, 0.4) is 0 Å². The SMILES string of the molecule is Cc1c(Cl)ccc2c1C(=O)N(CC(C)O)C2C#N. The van der Waals surface area contributed by atoms with E-state index in [2.05, 4.69) is 6.07 Å². The number of benzene rings is 1. The first kappa shape index (κ1) is 12.9. The third-order valence-corrected chi connectivity index (χ3v) is 3.50. The van der Waals surface area contributed by atoms with Gasteiger partial charge in [0, 0.05) is 17.1 Å². The average molecular weight is 265 g/mol. The molecule has 0 saturated heterocycles. The number of nitriles is 1. The maximum atomic E-state index is 12.3. The molecular weight excluding hydrogens is 252 g/mol. The van der Waals surface area contributed by atoms with Gasteiger partial charge in [0.2, 0.25) is 0 Å². The minimum atomic E-state index is -0.671. The Labute approximate surface area is 110 Å². The first-order chi connectivity index (χ1) is 8.47. The van der Waals surface area contributed by atoms with Crippen LogP contribution in [0.1, 0.15) is 34.5 Å². The third kappa shape index (κ3) is 1.86. The second-order valence-electron chi connectivity index (χ2n) is 4.47. The second-order valence-corrected chi connectivity index (χ2v) is 4.88. The van der Waals surface area contributed by atoms with Crippen molar-refractivity contribution in [3.63, 3.8) is 0 Å². The van der Waals surface area contributed by atoms with Gasteiger partial charge in [-0.2, -0.15) is 5.26 Å². The molecule has 1 aromatic carbocycles. The molecule has 2 atom stereocenters. The molecule has 0 fully saturated rings. The van der Waals surface area contributed by atoms with Crippen molar-refractivity contribution in [3.8, 4) is 6.07 Å². The zero-order valence-corrected chi connectivity index (χ0v) is 10.9. The number of amides is 1. The van der Waals surface area contributed by atoms with E-state index in [-0.39, 0.29) is 12.5 Å². The fraction of sp³-hybridized carbons (Fsp3) is 0.385. The molecule has 0 spiro atoms. The van der Waals surface area contributed by atoms with Crippen LogP contribution in [0.5, 0.6) is 0 Å². The summed E-state index contributed by atoms with van der Waals surface area (Å²) in [5.41, 5.74) is 1.85. The Morgan fingerprint density at radius 2 is 2.28 bits per heavy atom. The zero-order chi connectivity index (χ0) is 13.4. The molecule has 2 rings (SSSR count). The standard InChI is InChI=1S/C13H13ClN2O2/c1-7(17)6-16-11(5-15)9-3-4-10(14)8(2)12(9)13(16)18/h3-4,7,11,17H,6H2,1-2H3. The van der Waals surface area contributed by atoms with E-state index in [0.29, 0.717) is 21.7 Å².